The topological polar surface area (TPSA) is 54.0 Å². The average molecular weight is 459 g/mol. The molecule has 0 aromatic heterocycles. The minimum absolute atomic E-state index is 0.0332. The van der Waals surface area contributed by atoms with E-state index in [1.165, 1.54) is 12.8 Å². The van der Waals surface area contributed by atoms with Crippen molar-refractivity contribution in [3.63, 3.8) is 0 Å². The van der Waals surface area contributed by atoms with Crippen molar-refractivity contribution in [2.45, 2.75) is 109 Å². The summed E-state index contributed by atoms with van der Waals surface area (Å²) in [4.78, 5) is 12.6. The van der Waals surface area contributed by atoms with Crippen molar-refractivity contribution in [2.24, 2.45) is 23.7 Å². The maximum Gasteiger partial charge on any atom is 0.158 e. The first-order chi connectivity index (χ1) is 16.2. The van der Waals surface area contributed by atoms with Gasteiger partial charge in [0.05, 0.1) is 18.1 Å². The Kier molecular flexibility index (Phi) is 9.44. The number of hydrogen-bond donors (Lipinski definition) is 0. The number of carbonyl (C=O) groups is 1. The van der Waals surface area contributed by atoms with Crippen molar-refractivity contribution >= 4 is 5.78 Å². The molecule has 0 N–H and O–H groups in total. The van der Waals surface area contributed by atoms with E-state index in [1.54, 1.807) is 0 Å². The van der Waals surface area contributed by atoms with Gasteiger partial charge in [-0.2, -0.15) is 0 Å². The Morgan fingerprint density at radius 1 is 1.09 bits per heavy atom. The second-order valence-electron chi connectivity index (χ2n) is 10.3. The number of terminal acetylenes is 1. The molecular weight excluding hydrogens is 416 g/mol. The standard InChI is InChI=1S/C28H42O5/c1-3-5-6-11-20(32-27-12-7-9-16-30-27)14-15-22-23-18-25(29)21(4-2)24(23)19-26(22)33-28-13-8-10-17-31-28/h2,14-15,20-24,26-28H,3,5-13,16-19H2,1H3/t20?,21?,22-,23-,24+,26-,27?,28?/m1/s1. The molecule has 4 aliphatic rings. The molecule has 4 fully saturated rings. The van der Waals surface area contributed by atoms with Crippen LogP contribution in [-0.2, 0) is 23.7 Å². The Morgan fingerprint density at radius 2 is 1.85 bits per heavy atom. The molecule has 184 valence electrons. The van der Waals surface area contributed by atoms with Crippen LogP contribution in [0.25, 0.3) is 0 Å². The molecule has 0 aromatic carbocycles. The Hall–Kier alpha value is -1.19. The maximum absolute atomic E-state index is 12.6. The van der Waals surface area contributed by atoms with Gasteiger partial charge >= 0.3 is 0 Å². The van der Waals surface area contributed by atoms with Crippen LogP contribution in [0, 0.1) is 36.0 Å². The first-order valence-corrected chi connectivity index (χ1v) is 13.4. The third kappa shape index (κ3) is 6.48. The van der Waals surface area contributed by atoms with Gasteiger partial charge in [-0.05, 0) is 63.2 Å². The molecule has 5 heteroatoms. The zero-order chi connectivity index (χ0) is 23.0. The van der Waals surface area contributed by atoms with Crippen LogP contribution in [0.2, 0.25) is 0 Å². The van der Waals surface area contributed by atoms with Crippen LogP contribution in [0.4, 0.5) is 0 Å². The summed E-state index contributed by atoms with van der Waals surface area (Å²) in [6.45, 7) is 3.78. The summed E-state index contributed by atoms with van der Waals surface area (Å²) >= 11 is 0. The molecule has 2 saturated heterocycles. The van der Waals surface area contributed by atoms with Crippen LogP contribution in [-0.4, -0.2) is 43.8 Å². The first kappa shape index (κ1) is 24.9. The number of hydrogen-bond acceptors (Lipinski definition) is 5. The van der Waals surface area contributed by atoms with E-state index in [9.17, 15) is 4.79 Å². The highest BCUT2D eigenvalue weighted by Gasteiger charge is 2.53. The van der Waals surface area contributed by atoms with Gasteiger partial charge in [-0.1, -0.05) is 44.3 Å². The molecule has 0 spiro atoms. The minimum atomic E-state index is -0.265. The minimum Gasteiger partial charge on any atom is -0.353 e. The van der Waals surface area contributed by atoms with E-state index in [0.29, 0.717) is 6.42 Å². The van der Waals surface area contributed by atoms with Gasteiger partial charge in [-0.3, -0.25) is 4.79 Å². The van der Waals surface area contributed by atoms with E-state index in [4.69, 9.17) is 25.4 Å². The van der Waals surface area contributed by atoms with E-state index in [0.717, 1.165) is 71.0 Å². The number of ketones is 1. The number of fused-ring (bicyclic) bond motifs is 1. The quantitative estimate of drug-likeness (QED) is 0.249. The summed E-state index contributed by atoms with van der Waals surface area (Å²) in [5, 5.41) is 0. The number of ether oxygens (including phenoxy) is 4. The van der Waals surface area contributed by atoms with E-state index in [-0.39, 0.29) is 54.2 Å². The van der Waals surface area contributed by atoms with Gasteiger partial charge < -0.3 is 18.9 Å². The first-order valence-electron chi connectivity index (χ1n) is 13.4. The third-order valence-corrected chi connectivity index (χ3v) is 7.94. The lowest BCUT2D eigenvalue weighted by atomic mass is 9.88. The zero-order valence-corrected chi connectivity index (χ0v) is 20.3. The van der Waals surface area contributed by atoms with Crippen LogP contribution < -0.4 is 0 Å². The lowest BCUT2D eigenvalue weighted by Gasteiger charge is -2.30. The molecule has 2 aliphatic carbocycles. The molecule has 0 aromatic rings. The number of Topliss-reactive ketones (excluding diaryl/α,β-unsaturated/α-hetero) is 1. The molecule has 0 radical (unpaired) electrons. The highest BCUT2D eigenvalue weighted by molar-refractivity contribution is 5.86. The fourth-order valence-electron chi connectivity index (χ4n) is 6.14. The van der Waals surface area contributed by atoms with Gasteiger partial charge in [0, 0.05) is 25.6 Å². The zero-order valence-electron chi connectivity index (χ0n) is 20.3. The van der Waals surface area contributed by atoms with Gasteiger partial charge in [-0.15, -0.1) is 6.42 Å². The molecule has 2 saturated carbocycles. The normalized spacial score (nSPS) is 37.8. The second-order valence-corrected chi connectivity index (χ2v) is 10.3. The monoisotopic (exact) mass is 458 g/mol. The molecule has 4 rings (SSSR count). The van der Waals surface area contributed by atoms with Crippen LogP contribution in [0.15, 0.2) is 12.2 Å². The molecule has 33 heavy (non-hydrogen) atoms. The Labute approximate surface area is 199 Å². The Bertz CT molecular complexity index is 685. The summed E-state index contributed by atoms with van der Waals surface area (Å²) in [7, 11) is 0. The summed E-state index contributed by atoms with van der Waals surface area (Å²) < 4.78 is 24.6. The van der Waals surface area contributed by atoms with Gasteiger partial charge in [0.1, 0.15) is 5.78 Å². The number of rotatable bonds is 10. The fourth-order valence-corrected chi connectivity index (χ4v) is 6.14. The van der Waals surface area contributed by atoms with Crippen LogP contribution in [0.5, 0.6) is 0 Å². The van der Waals surface area contributed by atoms with Crippen molar-refractivity contribution in [1.82, 2.24) is 0 Å². The number of unbranched alkanes of at least 4 members (excludes halogenated alkanes) is 2. The van der Waals surface area contributed by atoms with Crippen molar-refractivity contribution < 1.29 is 23.7 Å². The van der Waals surface area contributed by atoms with Gasteiger partial charge in [0.2, 0.25) is 0 Å². The average Bonchev–Trinajstić information content (AvgIpc) is 3.32. The van der Waals surface area contributed by atoms with E-state index >= 15 is 0 Å². The second kappa shape index (κ2) is 12.5. The summed E-state index contributed by atoms with van der Waals surface area (Å²) in [5.74, 6) is 3.39. The molecule has 0 bridgehead atoms. The Balaban J connectivity index is 1.46. The third-order valence-electron chi connectivity index (χ3n) is 7.94. The van der Waals surface area contributed by atoms with Crippen molar-refractivity contribution in [2.75, 3.05) is 13.2 Å². The lowest BCUT2D eigenvalue weighted by molar-refractivity contribution is -0.193. The highest BCUT2D eigenvalue weighted by atomic mass is 16.7. The molecule has 2 heterocycles. The summed E-state index contributed by atoms with van der Waals surface area (Å²) in [5.41, 5.74) is 0. The van der Waals surface area contributed by atoms with E-state index in [2.05, 4.69) is 25.0 Å². The Morgan fingerprint density at radius 3 is 2.52 bits per heavy atom. The number of carbonyl (C=O) groups excluding carboxylic acids is 1. The van der Waals surface area contributed by atoms with Crippen molar-refractivity contribution in [3.8, 4) is 12.3 Å². The van der Waals surface area contributed by atoms with Crippen molar-refractivity contribution in [1.29, 1.82) is 0 Å². The van der Waals surface area contributed by atoms with Gasteiger partial charge in [0.15, 0.2) is 12.6 Å². The van der Waals surface area contributed by atoms with Crippen molar-refractivity contribution in [3.05, 3.63) is 12.2 Å². The highest BCUT2D eigenvalue weighted by Crippen LogP contribution is 2.51. The molecule has 2 aliphatic heterocycles. The summed E-state index contributed by atoms with van der Waals surface area (Å²) in [6, 6.07) is 0. The van der Waals surface area contributed by atoms with Crippen LogP contribution in [0.3, 0.4) is 0 Å². The largest absolute Gasteiger partial charge is 0.353 e. The molecule has 8 atom stereocenters. The predicted molar refractivity (Wildman–Crippen MR) is 127 cm³/mol. The molecule has 4 unspecified atom stereocenters. The van der Waals surface area contributed by atoms with E-state index < -0.39 is 0 Å². The lowest BCUT2D eigenvalue weighted by Crippen LogP contribution is -2.31. The molecular formula is C28H42O5. The van der Waals surface area contributed by atoms with E-state index in [1.807, 2.05) is 0 Å². The van der Waals surface area contributed by atoms with Gasteiger partial charge in [-0.25, -0.2) is 0 Å². The van der Waals surface area contributed by atoms with Crippen LogP contribution >= 0.6 is 0 Å². The molecule has 0 amide bonds. The SMILES string of the molecule is C#CC1C(=O)C[C@@H]2[C@@H](C=CC(CCCCC)OC3CCCCO3)[C@H](OC3CCCCO3)C[C@@H]12. The molecule has 5 nitrogen and oxygen atoms in total. The summed E-state index contributed by atoms with van der Waals surface area (Å²) in [6.07, 6.45) is 22.5. The van der Waals surface area contributed by atoms with Gasteiger partial charge in [0.25, 0.3) is 0 Å². The maximum atomic E-state index is 12.6. The smallest absolute Gasteiger partial charge is 0.158 e. The fraction of sp³-hybridized carbons (Fsp3) is 0.821. The van der Waals surface area contributed by atoms with Crippen LogP contribution in [0.1, 0.15) is 84.0 Å². The predicted octanol–water partition coefficient (Wildman–Crippen LogP) is 5.42.